The Hall–Kier alpha value is -2.51. The molecule has 1 atom stereocenters. The zero-order valence-corrected chi connectivity index (χ0v) is 18.5. The summed E-state index contributed by atoms with van der Waals surface area (Å²) >= 11 is 0. The largest absolute Gasteiger partial charge is 0.352 e. The van der Waals surface area contributed by atoms with Gasteiger partial charge in [-0.25, -0.2) is 8.42 Å². The average molecular weight is 429 g/mol. The van der Waals surface area contributed by atoms with E-state index in [4.69, 9.17) is 0 Å². The van der Waals surface area contributed by atoms with E-state index in [2.05, 4.69) is 5.32 Å². The maximum absolute atomic E-state index is 13.1. The molecule has 160 valence electrons. The highest BCUT2D eigenvalue weighted by molar-refractivity contribution is 7.89. The van der Waals surface area contributed by atoms with Crippen molar-refractivity contribution in [2.45, 2.75) is 45.1 Å². The van der Waals surface area contributed by atoms with Crippen LogP contribution in [0.1, 0.15) is 48.2 Å². The minimum Gasteiger partial charge on any atom is -0.352 e. The highest BCUT2D eigenvalue weighted by Gasteiger charge is 2.41. The standard InChI is InChI=1S/C23H28N2O4S/c1-17-7-4-5-8-20(17)15-24-22(27)23(3)13-6-14-25(16-23)30(28,29)21-11-9-19(10-12-21)18(2)26/h4-5,7-12H,6,13-16H2,1-3H3,(H,24,27)/t23-/m1/s1. The van der Waals surface area contributed by atoms with Gasteiger partial charge in [0.15, 0.2) is 5.78 Å². The van der Waals surface area contributed by atoms with Gasteiger partial charge in [-0.15, -0.1) is 0 Å². The SMILES string of the molecule is CC(=O)c1ccc(S(=O)(=O)N2CCC[C@@](C)(C(=O)NCc3ccccc3C)C2)cc1. The van der Waals surface area contributed by atoms with Gasteiger partial charge in [-0.05, 0) is 56.9 Å². The predicted molar refractivity (Wildman–Crippen MR) is 116 cm³/mol. The molecule has 0 spiro atoms. The summed E-state index contributed by atoms with van der Waals surface area (Å²) in [5.74, 6) is -0.257. The minimum atomic E-state index is -3.74. The van der Waals surface area contributed by atoms with Gasteiger partial charge >= 0.3 is 0 Å². The van der Waals surface area contributed by atoms with Crippen LogP contribution in [0.15, 0.2) is 53.4 Å². The van der Waals surface area contributed by atoms with Gasteiger partial charge in [0, 0.05) is 25.2 Å². The van der Waals surface area contributed by atoms with E-state index in [1.54, 1.807) is 0 Å². The number of amides is 1. The van der Waals surface area contributed by atoms with Crippen LogP contribution in [-0.4, -0.2) is 37.5 Å². The molecule has 1 amide bonds. The first-order chi connectivity index (χ1) is 14.1. The lowest BCUT2D eigenvalue weighted by Gasteiger charge is -2.38. The molecule has 1 saturated heterocycles. The van der Waals surface area contributed by atoms with Gasteiger partial charge in [0.05, 0.1) is 10.3 Å². The van der Waals surface area contributed by atoms with Crippen molar-refractivity contribution in [3.63, 3.8) is 0 Å². The molecule has 7 heteroatoms. The van der Waals surface area contributed by atoms with E-state index in [1.165, 1.54) is 35.5 Å². The maximum Gasteiger partial charge on any atom is 0.243 e. The third-order valence-corrected chi connectivity index (χ3v) is 7.67. The van der Waals surface area contributed by atoms with E-state index in [0.29, 0.717) is 31.5 Å². The summed E-state index contributed by atoms with van der Waals surface area (Å²) in [5, 5.41) is 2.98. The highest BCUT2D eigenvalue weighted by Crippen LogP contribution is 2.33. The molecule has 1 aliphatic heterocycles. The number of hydrogen-bond acceptors (Lipinski definition) is 4. The van der Waals surface area contributed by atoms with Crippen LogP contribution in [0.4, 0.5) is 0 Å². The number of sulfonamides is 1. The average Bonchev–Trinajstić information content (AvgIpc) is 2.73. The molecular formula is C23H28N2O4S. The number of ketones is 1. The molecule has 1 fully saturated rings. The fourth-order valence-corrected chi connectivity index (χ4v) is 5.39. The number of benzene rings is 2. The highest BCUT2D eigenvalue weighted by atomic mass is 32.2. The first-order valence-electron chi connectivity index (χ1n) is 10.1. The van der Waals surface area contributed by atoms with Crippen molar-refractivity contribution in [1.29, 1.82) is 0 Å². The number of carbonyl (C=O) groups excluding carboxylic acids is 2. The number of rotatable bonds is 6. The van der Waals surface area contributed by atoms with Gasteiger partial charge in [-0.1, -0.05) is 36.4 Å². The molecule has 0 unspecified atom stereocenters. The molecule has 3 rings (SSSR count). The van der Waals surface area contributed by atoms with Crippen LogP contribution >= 0.6 is 0 Å². The third-order valence-electron chi connectivity index (χ3n) is 5.81. The second-order valence-corrected chi connectivity index (χ2v) is 10.1. The normalized spacial score (nSPS) is 20.0. The Morgan fingerprint density at radius 1 is 1.10 bits per heavy atom. The second kappa shape index (κ2) is 8.70. The number of piperidine rings is 1. The van der Waals surface area contributed by atoms with E-state index < -0.39 is 15.4 Å². The molecule has 30 heavy (non-hydrogen) atoms. The predicted octanol–water partition coefficient (Wildman–Crippen LogP) is 3.30. The Bertz CT molecular complexity index is 1050. The van der Waals surface area contributed by atoms with Crippen molar-refractivity contribution >= 4 is 21.7 Å². The van der Waals surface area contributed by atoms with Crippen LogP contribution in [0.5, 0.6) is 0 Å². The van der Waals surface area contributed by atoms with Gasteiger partial charge in [-0.2, -0.15) is 4.31 Å². The molecule has 2 aromatic carbocycles. The molecule has 1 aliphatic rings. The molecule has 1 N–H and O–H groups in total. The molecular weight excluding hydrogens is 400 g/mol. The van der Waals surface area contributed by atoms with Crippen LogP contribution < -0.4 is 5.32 Å². The van der Waals surface area contributed by atoms with Crippen LogP contribution in [0.3, 0.4) is 0 Å². The zero-order valence-electron chi connectivity index (χ0n) is 17.6. The number of carbonyl (C=O) groups is 2. The lowest BCUT2D eigenvalue weighted by molar-refractivity contribution is -0.132. The van der Waals surface area contributed by atoms with Crippen molar-refractivity contribution in [3.05, 3.63) is 65.2 Å². The summed E-state index contributed by atoms with van der Waals surface area (Å²) in [6.07, 6.45) is 1.24. The van der Waals surface area contributed by atoms with Gasteiger partial charge in [-0.3, -0.25) is 9.59 Å². The van der Waals surface area contributed by atoms with E-state index in [-0.39, 0.29) is 23.1 Å². The van der Waals surface area contributed by atoms with Crippen LogP contribution in [0.25, 0.3) is 0 Å². The summed E-state index contributed by atoms with van der Waals surface area (Å²) in [6.45, 7) is 6.17. The summed E-state index contributed by atoms with van der Waals surface area (Å²) in [7, 11) is -3.74. The fraction of sp³-hybridized carbons (Fsp3) is 0.391. The quantitative estimate of drug-likeness (QED) is 0.716. The maximum atomic E-state index is 13.1. The number of aryl methyl sites for hydroxylation is 1. The summed E-state index contributed by atoms with van der Waals surface area (Å²) < 4.78 is 27.6. The number of nitrogens with one attached hydrogen (secondary N) is 1. The lowest BCUT2D eigenvalue weighted by Crippen LogP contribution is -2.51. The number of nitrogens with zero attached hydrogens (tertiary/aromatic N) is 1. The molecule has 0 bridgehead atoms. The Morgan fingerprint density at radius 3 is 2.40 bits per heavy atom. The van der Waals surface area contributed by atoms with E-state index in [9.17, 15) is 18.0 Å². The minimum absolute atomic E-state index is 0.116. The Kier molecular flexibility index (Phi) is 6.43. The zero-order chi connectivity index (χ0) is 21.9. The fourth-order valence-electron chi connectivity index (χ4n) is 3.79. The van der Waals surface area contributed by atoms with Gasteiger partial charge in [0.25, 0.3) is 0 Å². The van der Waals surface area contributed by atoms with Crippen molar-refractivity contribution in [2.75, 3.05) is 13.1 Å². The van der Waals surface area contributed by atoms with Gasteiger partial charge in [0.1, 0.15) is 0 Å². The van der Waals surface area contributed by atoms with E-state index in [1.807, 2.05) is 38.1 Å². The van der Waals surface area contributed by atoms with Crippen molar-refractivity contribution < 1.29 is 18.0 Å². The van der Waals surface area contributed by atoms with Crippen LogP contribution in [0, 0.1) is 12.3 Å². The molecule has 6 nitrogen and oxygen atoms in total. The van der Waals surface area contributed by atoms with Crippen LogP contribution in [-0.2, 0) is 21.4 Å². The Labute approximate surface area is 178 Å². The molecule has 0 radical (unpaired) electrons. The molecule has 1 heterocycles. The topological polar surface area (TPSA) is 83.6 Å². The number of Topliss-reactive ketones (excluding diaryl/α,β-unsaturated/α-hetero) is 1. The smallest absolute Gasteiger partial charge is 0.243 e. The summed E-state index contributed by atoms with van der Waals surface area (Å²) in [5.41, 5.74) is 1.81. The van der Waals surface area contributed by atoms with Gasteiger partial charge < -0.3 is 5.32 Å². The number of hydrogen-bond donors (Lipinski definition) is 1. The Balaban J connectivity index is 1.73. The Morgan fingerprint density at radius 2 is 1.77 bits per heavy atom. The van der Waals surface area contributed by atoms with Gasteiger partial charge in [0.2, 0.25) is 15.9 Å². The van der Waals surface area contributed by atoms with E-state index in [0.717, 1.165) is 11.1 Å². The van der Waals surface area contributed by atoms with E-state index >= 15 is 0 Å². The molecule has 0 aromatic heterocycles. The second-order valence-electron chi connectivity index (χ2n) is 8.19. The van der Waals surface area contributed by atoms with Crippen molar-refractivity contribution in [1.82, 2.24) is 9.62 Å². The lowest BCUT2D eigenvalue weighted by atomic mass is 9.82. The molecule has 0 aliphatic carbocycles. The molecule has 0 saturated carbocycles. The first-order valence-corrected chi connectivity index (χ1v) is 11.5. The van der Waals surface area contributed by atoms with Crippen molar-refractivity contribution in [2.24, 2.45) is 5.41 Å². The monoisotopic (exact) mass is 428 g/mol. The molecule has 2 aromatic rings. The third kappa shape index (κ3) is 4.63. The summed E-state index contributed by atoms with van der Waals surface area (Å²) in [6, 6.07) is 13.8. The summed E-state index contributed by atoms with van der Waals surface area (Å²) in [4.78, 5) is 24.5. The first kappa shape index (κ1) is 22.2. The van der Waals surface area contributed by atoms with Crippen molar-refractivity contribution in [3.8, 4) is 0 Å². The van der Waals surface area contributed by atoms with Crippen LogP contribution in [0.2, 0.25) is 0 Å².